The fraction of sp³-hybridized carbons (Fsp3) is 0.800. The Hall–Kier alpha value is -0.630. The minimum absolute atomic E-state index is 0.0181. The third kappa shape index (κ3) is 2.47. The zero-order chi connectivity index (χ0) is 13.5. The SMILES string of the molecule is C=C(C)CC1(O)C(=O)C(C)(C)CCCC1(C)C. The van der Waals surface area contributed by atoms with E-state index in [1.165, 1.54) is 0 Å². The summed E-state index contributed by atoms with van der Waals surface area (Å²) in [5.41, 5.74) is -1.21. The van der Waals surface area contributed by atoms with Gasteiger partial charge >= 0.3 is 0 Å². The van der Waals surface area contributed by atoms with Crippen LogP contribution in [-0.4, -0.2) is 16.5 Å². The Kier molecular flexibility index (Phi) is 3.60. The summed E-state index contributed by atoms with van der Waals surface area (Å²) in [6, 6.07) is 0. The van der Waals surface area contributed by atoms with Crippen LogP contribution in [0.5, 0.6) is 0 Å². The maximum absolute atomic E-state index is 12.6. The van der Waals surface area contributed by atoms with Crippen LogP contribution in [-0.2, 0) is 4.79 Å². The molecule has 0 aromatic rings. The second-order valence-electron chi connectivity index (χ2n) is 6.94. The van der Waals surface area contributed by atoms with E-state index in [4.69, 9.17) is 0 Å². The van der Waals surface area contributed by atoms with Crippen molar-refractivity contribution in [3.63, 3.8) is 0 Å². The number of ketones is 1. The van der Waals surface area contributed by atoms with Crippen LogP contribution in [0.2, 0.25) is 0 Å². The highest BCUT2D eigenvalue weighted by atomic mass is 16.3. The first-order valence-electron chi connectivity index (χ1n) is 6.45. The molecule has 1 N–H and O–H groups in total. The van der Waals surface area contributed by atoms with Gasteiger partial charge in [0.2, 0.25) is 0 Å². The lowest BCUT2D eigenvalue weighted by atomic mass is 9.65. The standard InChI is InChI=1S/C15H26O2/c1-11(2)10-15(17)12(16)13(3,4)8-7-9-14(15,5)6/h17H,1,7-10H2,2-6H3. The van der Waals surface area contributed by atoms with Gasteiger partial charge in [-0.3, -0.25) is 4.79 Å². The predicted molar refractivity (Wildman–Crippen MR) is 70.8 cm³/mol. The van der Waals surface area contributed by atoms with E-state index in [9.17, 15) is 9.90 Å². The van der Waals surface area contributed by atoms with Crippen molar-refractivity contribution in [2.45, 2.75) is 65.9 Å². The molecule has 1 atom stereocenters. The van der Waals surface area contributed by atoms with Gasteiger partial charge in [-0.15, -0.1) is 6.58 Å². The third-order valence-corrected chi connectivity index (χ3v) is 4.27. The van der Waals surface area contributed by atoms with Gasteiger partial charge in [-0.25, -0.2) is 0 Å². The average molecular weight is 238 g/mol. The van der Waals surface area contributed by atoms with Crippen LogP contribution >= 0.6 is 0 Å². The zero-order valence-electron chi connectivity index (χ0n) is 11.9. The van der Waals surface area contributed by atoms with E-state index < -0.39 is 11.0 Å². The molecule has 0 heterocycles. The molecule has 1 rings (SSSR count). The Morgan fingerprint density at radius 3 is 2.29 bits per heavy atom. The summed E-state index contributed by atoms with van der Waals surface area (Å²) in [7, 11) is 0. The molecule has 2 heteroatoms. The van der Waals surface area contributed by atoms with E-state index in [-0.39, 0.29) is 11.2 Å². The molecule has 0 saturated heterocycles. The first-order chi connectivity index (χ1) is 7.53. The second-order valence-corrected chi connectivity index (χ2v) is 6.94. The molecule has 0 spiro atoms. The van der Waals surface area contributed by atoms with Gasteiger partial charge in [-0.1, -0.05) is 39.7 Å². The van der Waals surface area contributed by atoms with Gasteiger partial charge in [-0.2, -0.15) is 0 Å². The molecular formula is C15H26O2. The van der Waals surface area contributed by atoms with Gasteiger partial charge < -0.3 is 5.11 Å². The molecule has 0 aliphatic heterocycles. The molecule has 0 radical (unpaired) electrons. The molecule has 0 aromatic carbocycles. The fourth-order valence-corrected chi connectivity index (χ4v) is 2.92. The molecule has 1 fully saturated rings. The minimum Gasteiger partial charge on any atom is -0.381 e. The van der Waals surface area contributed by atoms with Crippen molar-refractivity contribution in [2.24, 2.45) is 10.8 Å². The minimum atomic E-state index is -1.27. The molecule has 0 aromatic heterocycles. The van der Waals surface area contributed by atoms with Gasteiger partial charge in [0, 0.05) is 17.3 Å². The Morgan fingerprint density at radius 2 is 1.82 bits per heavy atom. The number of hydrogen-bond acceptors (Lipinski definition) is 2. The number of aliphatic hydroxyl groups is 1. The Morgan fingerprint density at radius 1 is 1.29 bits per heavy atom. The van der Waals surface area contributed by atoms with Crippen molar-refractivity contribution < 1.29 is 9.90 Å². The fourth-order valence-electron chi connectivity index (χ4n) is 2.92. The molecule has 1 aliphatic rings. The summed E-state index contributed by atoms with van der Waals surface area (Å²) in [6.07, 6.45) is 3.10. The zero-order valence-corrected chi connectivity index (χ0v) is 11.9. The van der Waals surface area contributed by atoms with Gasteiger partial charge in [0.1, 0.15) is 5.60 Å². The lowest BCUT2D eigenvalue weighted by Gasteiger charge is -2.43. The Balaban J connectivity index is 3.24. The normalized spacial score (nSPS) is 32.0. The molecule has 2 nitrogen and oxygen atoms in total. The lowest BCUT2D eigenvalue weighted by Crippen LogP contribution is -2.54. The summed E-state index contributed by atoms with van der Waals surface area (Å²) < 4.78 is 0. The van der Waals surface area contributed by atoms with Gasteiger partial charge in [0.25, 0.3) is 0 Å². The van der Waals surface area contributed by atoms with Crippen molar-refractivity contribution in [3.05, 3.63) is 12.2 Å². The first kappa shape index (κ1) is 14.4. The summed E-state index contributed by atoms with van der Waals surface area (Å²) in [5, 5.41) is 10.9. The van der Waals surface area contributed by atoms with Crippen molar-refractivity contribution >= 4 is 5.78 Å². The van der Waals surface area contributed by atoms with Gasteiger partial charge in [-0.05, 0) is 19.8 Å². The first-order valence-corrected chi connectivity index (χ1v) is 6.45. The maximum Gasteiger partial charge on any atom is 0.170 e. The van der Waals surface area contributed by atoms with Crippen LogP contribution in [0.1, 0.15) is 60.3 Å². The molecular weight excluding hydrogens is 212 g/mol. The van der Waals surface area contributed by atoms with Crippen molar-refractivity contribution in [1.82, 2.24) is 0 Å². The van der Waals surface area contributed by atoms with Gasteiger partial charge in [0.15, 0.2) is 5.78 Å². The van der Waals surface area contributed by atoms with E-state index in [0.717, 1.165) is 24.8 Å². The summed E-state index contributed by atoms with van der Waals surface area (Å²) >= 11 is 0. The number of carbonyl (C=O) groups excluding carboxylic acids is 1. The Bertz CT molecular complexity index is 339. The monoisotopic (exact) mass is 238 g/mol. The van der Waals surface area contributed by atoms with E-state index in [1.54, 1.807) is 0 Å². The molecule has 0 bridgehead atoms. The molecule has 0 amide bonds. The predicted octanol–water partition coefficient (Wildman–Crippen LogP) is 3.49. The number of hydrogen-bond donors (Lipinski definition) is 1. The Labute approximate surface area is 105 Å². The lowest BCUT2D eigenvalue weighted by molar-refractivity contribution is -0.158. The average Bonchev–Trinajstić information content (AvgIpc) is 2.17. The van der Waals surface area contributed by atoms with Crippen molar-refractivity contribution in [3.8, 4) is 0 Å². The topological polar surface area (TPSA) is 37.3 Å². The molecule has 98 valence electrons. The highest BCUT2D eigenvalue weighted by Crippen LogP contribution is 2.48. The number of carbonyl (C=O) groups is 1. The van der Waals surface area contributed by atoms with E-state index in [1.807, 2.05) is 34.6 Å². The summed E-state index contributed by atoms with van der Waals surface area (Å²) in [5.74, 6) is -0.0181. The van der Waals surface area contributed by atoms with Crippen LogP contribution in [0.25, 0.3) is 0 Å². The van der Waals surface area contributed by atoms with Gasteiger partial charge in [0.05, 0.1) is 0 Å². The molecule has 1 saturated carbocycles. The van der Waals surface area contributed by atoms with Crippen LogP contribution in [0, 0.1) is 10.8 Å². The molecule has 1 unspecified atom stereocenters. The van der Waals surface area contributed by atoms with Crippen molar-refractivity contribution in [2.75, 3.05) is 0 Å². The van der Waals surface area contributed by atoms with Crippen LogP contribution in [0.4, 0.5) is 0 Å². The number of rotatable bonds is 2. The van der Waals surface area contributed by atoms with E-state index in [2.05, 4.69) is 6.58 Å². The van der Waals surface area contributed by atoms with Crippen LogP contribution in [0.15, 0.2) is 12.2 Å². The van der Waals surface area contributed by atoms with Crippen LogP contribution < -0.4 is 0 Å². The summed E-state index contributed by atoms with van der Waals surface area (Å²) in [6.45, 7) is 13.6. The highest BCUT2D eigenvalue weighted by Gasteiger charge is 2.54. The highest BCUT2D eigenvalue weighted by molar-refractivity contribution is 5.93. The summed E-state index contributed by atoms with van der Waals surface area (Å²) in [4.78, 5) is 12.6. The van der Waals surface area contributed by atoms with E-state index in [0.29, 0.717) is 6.42 Å². The maximum atomic E-state index is 12.6. The number of Topliss-reactive ketones (excluding diaryl/α,β-unsaturated/α-hetero) is 1. The molecule has 1 aliphatic carbocycles. The molecule has 17 heavy (non-hydrogen) atoms. The third-order valence-electron chi connectivity index (χ3n) is 4.27. The van der Waals surface area contributed by atoms with Crippen molar-refractivity contribution in [1.29, 1.82) is 0 Å². The largest absolute Gasteiger partial charge is 0.381 e. The second kappa shape index (κ2) is 4.24. The van der Waals surface area contributed by atoms with E-state index >= 15 is 0 Å². The smallest absolute Gasteiger partial charge is 0.170 e. The quantitative estimate of drug-likeness (QED) is 0.590. The van der Waals surface area contributed by atoms with Crippen LogP contribution in [0.3, 0.4) is 0 Å².